The van der Waals surface area contributed by atoms with Crippen molar-refractivity contribution in [3.63, 3.8) is 0 Å². The third-order valence-corrected chi connectivity index (χ3v) is 3.52. The largest absolute Gasteiger partial charge is 0.457 e. The summed E-state index contributed by atoms with van der Waals surface area (Å²) < 4.78 is 5.75. The summed E-state index contributed by atoms with van der Waals surface area (Å²) in [5.41, 5.74) is 7.81. The molecule has 0 fully saturated rings. The first kappa shape index (κ1) is 12.5. The number of rotatable bonds is 2. The van der Waals surface area contributed by atoms with Gasteiger partial charge in [-0.05, 0) is 23.8 Å². The lowest BCUT2D eigenvalue weighted by Gasteiger charge is -2.08. The zero-order valence-electron chi connectivity index (χ0n) is 9.94. The minimum atomic E-state index is -0.316. The van der Waals surface area contributed by atoms with Crippen molar-refractivity contribution in [2.24, 2.45) is 5.73 Å². The van der Waals surface area contributed by atoms with Gasteiger partial charge in [-0.2, -0.15) is 0 Å². The maximum atomic E-state index is 6.20. The molecule has 0 saturated carbocycles. The fraction of sp³-hybridized carbons (Fsp3) is 0.0667. The van der Waals surface area contributed by atoms with Crippen LogP contribution in [0.1, 0.15) is 17.4 Å². The first-order valence-corrected chi connectivity index (χ1v) is 6.60. The van der Waals surface area contributed by atoms with Crippen LogP contribution < -0.4 is 5.73 Å². The van der Waals surface area contributed by atoms with E-state index in [-0.39, 0.29) is 6.04 Å². The predicted molar refractivity (Wildman–Crippen MR) is 78.7 cm³/mol. The van der Waals surface area contributed by atoms with Gasteiger partial charge in [0.25, 0.3) is 0 Å². The second-order valence-corrected chi connectivity index (χ2v) is 5.19. The smallest absolute Gasteiger partial charge is 0.153 e. The molecule has 3 rings (SSSR count). The van der Waals surface area contributed by atoms with Gasteiger partial charge in [-0.1, -0.05) is 53.5 Å². The molecule has 2 N–H and O–H groups in total. The molecule has 2 aromatic carbocycles. The highest BCUT2D eigenvalue weighted by Crippen LogP contribution is 2.33. The number of nitrogens with two attached hydrogens (primary N) is 1. The fourth-order valence-corrected chi connectivity index (χ4v) is 2.62. The Kier molecular flexibility index (Phi) is 3.23. The molecule has 3 aromatic rings. The summed E-state index contributed by atoms with van der Waals surface area (Å²) in [6.45, 7) is 0. The van der Waals surface area contributed by atoms with Crippen LogP contribution in [-0.4, -0.2) is 0 Å². The Hall–Kier alpha value is -1.48. The van der Waals surface area contributed by atoms with Crippen molar-refractivity contribution in [1.82, 2.24) is 0 Å². The molecule has 4 heteroatoms. The molecular weight excluding hydrogens is 281 g/mol. The van der Waals surface area contributed by atoms with Crippen LogP contribution in [0, 0.1) is 0 Å². The highest BCUT2D eigenvalue weighted by Gasteiger charge is 2.15. The van der Waals surface area contributed by atoms with Gasteiger partial charge in [-0.3, -0.25) is 0 Å². The van der Waals surface area contributed by atoms with Gasteiger partial charge in [-0.15, -0.1) is 0 Å². The van der Waals surface area contributed by atoms with Crippen LogP contribution in [0.4, 0.5) is 0 Å². The second kappa shape index (κ2) is 4.89. The Morgan fingerprint density at radius 3 is 2.47 bits per heavy atom. The summed E-state index contributed by atoms with van der Waals surface area (Å²) in [6.07, 6.45) is 0. The van der Waals surface area contributed by atoms with E-state index in [1.807, 2.05) is 42.5 Å². The summed E-state index contributed by atoms with van der Waals surface area (Å²) in [5, 5.41) is 1.94. The lowest BCUT2D eigenvalue weighted by Crippen LogP contribution is -2.10. The molecule has 96 valence electrons. The quantitative estimate of drug-likeness (QED) is 0.737. The lowest BCUT2D eigenvalue weighted by atomic mass is 10.1. The number of hydrogen-bond acceptors (Lipinski definition) is 2. The molecule has 0 radical (unpaired) electrons. The van der Waals surface area contributed by atoms with Gasteiger partial charge in [0.15, 0.2) is 5.58 Å². The molecule has 0 amide bonds. The van der Waals surface area contributed by atoms with Gasteiger partial charge in [0.1, 0.15) is 5.76 Å². The van der Waals surface area contributed by atoms with E-state index in [1.54, 1.807) is 6.07 Å². The van der Waals surface area contributed by atoms with Crippen molar-refractivity contribution < 1.29 is 4.42 Å². The van der Waals surface area contributed by atoms with E-state index in [1.165, 1.54) is 0 Å². The number of halogens is 2. The monoisotopic (exact) mass is 291 g/mol. The molecule has 1 heterocycles. The molecule has 1 unspecified atom stereocenters. The molecule has 0 aliphatic heterocycles. The standard InChI is InChI=1S/C15H11Cl2NO/c16-11-6-10-7-13(19-15(10)12(17)8-11)14(18)9-4-2-1-3-5-9/h1-8,14H,18H2. The topological polar surface area (TPSA) is 39.2 Å². The van der Waals surface area contributed by atoms with Gasteiger partial charge < -0.3 is 10.2 Å². The van der Waals surface area contributed by atoms with Crippen LogP contribution >= 0.6 is 23.2 Å². The number of hydrogen-bond donors (Lipinski definition) is 1. The van der Waals surface area contributed by atoms with Crippen LogP contribution in [-0.2, 0) is 0 Å². The van der Waals surface area contributed by atoms with Crippen LogP contribution in [0.5, 0.6) is 0 Å². The summed E-state index contributed by atoms with van der Waals surface area (Å²) >= 11 is 12.1. The number of fused-ring (bicyclic) bond motifs is 1. The van der Waals surface area contributed by atoms with Crippen molar-refractivity contribution in [2.45, 2.75) is 6.04 Å². The average molecular weight is 292 g/mol. The second-order valence-electron chi connectivity index (χ2n) is 4.34. The SMILES string of the molecule is NC(c1ccccc1)c1cc2cc(Cl)cc(Cl)c2o1. The average Bonchev–Trinajstić information content (AvgIpc) is 2.83. The first-order valence-electron chi connectivity index (χ1n) is 5.84. The molecule has 0 aliphatic rings. The molecule has 1 aromatic heterocycles. The summed E-state index contributed by atoms with van der Waals surface area (Å²) in [6, 6.07) is 14.8. The third kappa shape index (κ3) is 2.35. The minimum absolute atomic E-state index is 0.316. The summed E-state index contributed by atoms with van der Waals surface area (Å²) in [7, 11) is 0. The van der Waals surface area contributed by atoms with Crippen LogP contribution in [0.25, 0.3) is 11.0 Å². The Balaban J connectivity index is 2.09. The Bertz CT molecular complexity index is 722. The van der Waals surface area contributed by atoms with Crippen molar-refractivity contribution in [2.75, 3.05) is 0 Å². The lowest BCUT2D eigenvalue weighted by molar-refractivity contribution is 0.525. The van der Waals surface area contributed by atoms with E-state index in [2.05, 4.69) is 0 Å². The van der Waals surface area contributed by atoms with Crippen molar-refractivity contribution in [3.8, 4) is 0 Å². The molecule has 19 heavy (non-hydrogen) atoms. The molecule has 0 aliphatic carbocycles. The van der Waals surface area contributed by atoms with E-state index in [0.29, 0.717) is 21.4 Å². The predicted octanol–water partition coefficient (Wildman–Crippen LogP) is 4.79. The molecular formula is C15H11Cl2NO. The zero-order chi connectivity index (χ0) is 13.4. The molecule has 0 saturated heterocycles. The van der Waals surface area contributed by atoms with Gasteiger partial charge >= 0.3 is 0 Å². The van der Waals surface area contributed by atoms with Gasteiger partial charge in [-0.25, -0.2) is 0 Å². The van der Waals surface area contributed by atoms with E-state index in [9.17, 15) is 0 Å². The Morgan fingerprint density at radius 2 is 1.74 bits per heavy atom. The van der Waals surface area contributed by atoms with Gasteiger partial charge in [0, 0.05) is 10.4 Å². The van der Waals surface area contributed by atoms with E-state index in [0.717, 1.165) is 10.9 Å². The van der Waals surface area contributed by atoms with Crippen molar-refractivity contribution in [1.29, 1.82) is 0 Å². The molecule has 0 spiro atoms. The molecule has 1 atom stereocenters. The summed E-state index contributed by atoms with van der Waals surface area (Å²) in [4.78, 5) is 0. The fourth-order valence-electron chi connectivity index (χ4n) is 2.07. The molecule has 2 nitrogen and oxygen atoms in total. The number of benzene rings is 2. The number of furan rings is 1. The third-order valence-electron chi connectivity index (χ3n) is 3.02. The Morgan fingerprint density at radius 1 is 1.00 bits per heavy atom. The highest BCUT2D eigenvalue weighted by molar-refractivity contribution is 6.38. The Labute approximate surface area is 120 Å². The zero-order valence-corrected chi connectivity index (χ0v) is 11.4. The maximum absolute atomic E-state index is 6.20. The van der Waals surface area contributed by atoms with Crippen molar-refractivity contribution in [3.05, 3.63) is 69.9 Å². The summed E-state index contributed by atoms with van der Waals surface area (Å²) in [5.74, 6) is 0.672. The normalized spacial score (nSPS) is 12.8. The first-order chi connectivity index (χ1) is 9.15. The van der Waals surface area contributed by atoms with E-state index in [4.69, 9.17) is 33.4 Å². The van der Waals surface area contributed by atoms with Crippen LogP contribution in [0.15, 0.2) is 52.9 Å². The maximum Gasteiger partial charge on any atom is 0.153 e. The van der Waals surface area contributed by atoms with Gasteiger partial charge in [0.05, 0.1) is 11.1 Å². The van der Waals surface area contributed by atoms with Gasteiger partial charge in [0.2, 0.25) is 0 Å². The minimum Gasteiger partial charge on any atom is -0.457 e. The van der Waals surface area contributed by atoms with Crippen molar-refractivity contribution >= 4 is 34.2 Å². The van der Waals surface area contributed by atoms with Crippen LogP contribution in [0.3, 0.4) is 0 Å². The van der Waals surface area contributed by atoms with Crippen LogP contribution in [0.2, 0.25) is 10.0 Å². The van der Waals surface area contributed by atoms with E-state index >= 15 is 0 Å². The molecule has 0 bridgehead atoms. The van der Waals surface area contributed by atoms with E-state index < -0.39 is 0 Å². The highest BCUT2D eigenvalue weighted by atomic mass is 35.5.